The predicted molar refractivity (Wildman–Crippen MR) is 164 cm³/mol. The summed E-state index contributed by atoms with van der Waals surface area (Å²) in [6, 6.07) is -3.71. The predicted octanol–water partition coefficient (Wildman–Crippen LogP) is 1.30. The summed E-state index contributed by atoms with van der Waals surface area (Å²) < 4.78 is 10.3. The number of carbonyl (C=O) groups excluding carboxylic acids is 7. The van der Waals surface area contributed by atoms with Gasteiger partial charge in [0.1, 0.15) is 18.1 Å². The Bertz CT molecular complexity index is 1080. The lowest BCUT2D eigenvalue weighted by atomic mass is 10.0. The SMILES string of the molecule is CCCC(NC(=O)[C@@H]1CCCN1C(=O)[C@@H](NC(=O)OCC(C)C)C(C)C)C(=O)C(=O)NCC(=O)N1CCCCC1C(=O)OCC. The van der Waals surface area contributed by atoms with Gasteiger partial charge in [-0.1, -0.05) is 41.0 Å². The molecule has 0 bridgehead atoms. The maximum atomic E-state index is 13.5. The number of alkyl carbamates (subject to hydrolysis) is 1. The van der Waals surface area contributed by atoms with Gasteiger partial charge < -0.3 is 35.2 Å². The average molecular weight is 638 g/mol. The van der Waals surface area contributed by atoms with E-state index in [-0.39, 0.29) is 31.5 Å². The number of ketones is 1. The Balaban J connectivity index is 2.03. The van der Waals surface area contributed by atoms with Gasteiger partial charge in [-0.3, -0.25) is 24.0 Å². The fraction of sp³-hybridized carbons (Fsp3) is 0.774. The minimum atomic E-state index is -1.16. The average Bonchev–Trinajstić information content (AvgIpc) is 3.50. The van der Waals surface area contributed by atoms with Gasteiger partial charge in [0.2, 0.25) is 23.5 Å². The standard InChI is InChI=1S/C31H51N5O9/c1-7-12-21(26(38)28(40)32-17-24(37)35-15-10-9-13-23(35)30(42)44-8-2)33-27(39)22-14-11-16-36(22)29(41)25(20(5)6)34-31(43)45-18-19(3)4/h19-23,25H,7-18H2,1-6H3,(H,32,40)(H,33,39)(H,34,43)/t21?,22-,23?,25-/m0/s1. The van der Waals surface area contributed by atoms with Crippen molar-refractivity contribution in [2.24, 2.45) is 11.8 Å². The minimum absolute atomic E-state index is 0.121. The van der Waals surface area contributed by atoms with E-state index in [9.17, 15) is 33.6 Å². The molecule has 45 heavy (non-hydrogen) atoms. The Morgan fingerprint density at radius 1 is 0.822 bits per heavy atom. The van der Waals surface area contributed by atoms with Crippen molar-refractivity contribution in [2.45, 2.75) is 111 Å². The van der Waals surface area contributed by atoms with Gasteiger partial charge in [0.15, 0.2) is 0 Å². The van der Waals surface area contributed by atoms with Crippen LogP contribution in [0.4, 0.5) is 4.79 Å². The number of hydrogen-bond acceptors (Lipinski definition) is 9. The Hall–Kier alpha value is -3.71. The maximum absolute atomic E-state index is 13.5. The van der Waals surface area contributed by atoms with Crippen LogP contribution in [0.2, 0.25) is 0 Å². The molecule has 14 nitrogen and oxygen atoms in total. The molecule has 2 heterocycles. The lowest BCUT2D eigenvalue weighted by Gasteiger charge is -2.34. The van der Waals surface area contributed by atoms with Crippen molar-refractivity contribution in [2.75, 3.05) is 32.8 Å². The number of hydrogen-bond donors (Lipinski definition) is 3. The van der Waals surface area contributed by atoms with Crippen LogP contribution >= 0.6 is 0 Å². The third kappa shape index (κ3) is 11.0. The van der Waals surface area contributed by atoms with Crippen LogP contribution in [0.15, 0.2) is 0 Å². The number of nitrogens with zero attached hydrogens (tertiary/aromatic N) is 2. The van der Waals surface area contributed by atoms with E-state index in [1.54, 1.807) is 27.7 Å². The summed E-state index contributed by atoms with van der Waals surface area (Å²) in [6.07, 6.45) is 2.75. The molecule has 2 aliphatic heterocycles. The molecule has 2 aliphatic rings. The Kier molecular flexibility index (Phi) is 15.2. The smallest absolute Gasteiger partial charge is 0.407 e. The summed E-state index contributed by atoms with van der Waals surface area (Å²) in [4.78, 5) is 93.1. The zero-order valence-corrected chi connectivity index (χ0v) is 27.5. The van der Waals surface area contributed by atoms with Crippen molar-refractivity contribution in [3.63, 3.8) is 0 Å². The first kappa shape index (κ1) is 37.5. The number of carbonyl (C=O) groups is 7. The van der Waals surface area contributed by atoms with E-state index in [0.29, 0.717) is 45.2 Å². The zero-order valence-electron chi connectivity index (χ0n) is 27.5. The molecule has 0 aliphatic carbocycles. The number of nitrogens with one attached hydrogen (secondary N) is 3. The van der Waals surface area contributed by atoms with Gasteiger partial charge >= 0.3 is 12.1 Å². The number of likely N-dealkylation sites (tertiary alicyclic amines) is 2. The van der Waals surface area contributed by atoms with Gasteiger partial charge in [0, 0.05) is 13.1 Å². The molecule has 2 unspecified atom stereocenters. The number of rotatable bonds is 15. The van der Waals surface area contributed by atoms with Gasteiger partial charge in [-0.15, -0.1) is 0 Å². The fourth-order valence-electron chi connectivity index (χ4n) is 5.45. The van der Waals surface area contributed by atoms with Crippen LogP contribution in [0.25, 0.3) is 0 Å². The van der Waals surface area contributed by atoms with Gasteiger partial charge in [-0.05, 0) is 57.3 Å². The first-order valence-electron chi connectivity index (χ1n) is 16.1. The molecule has 0 aromatic carbocycles. The summed E-state index contributed by atoms with van der Waals surface area (Å²) in [7, 11) is 0. The number of Topliss-reactive ketones (excluding diaryl/α,β-unsaturated/α-hetero) is 1. The van der Waals surface area contributed by atoms with Crippen LogP contribution in [0, 0.1) is 11.8 Å². The van der Waals surface area contributed by atoms with E-state index in [4.69, 9.17) is 9.47 Å². The molecule has 2 rings (SSSR count). The zero-order chi connectivity index (χ0) is 33.7. The minimum Gasteiger partial charge on any atom is -0.464 e. The molecule has 2 saturated heterocycles. The molecule has 254 valence electrons. The summed E-state index contributed by atoms with van der Waals surface area (Å²) in [5, 5.41) is 7.60. The normalized spacial score (nSPS) is 19.5. The monoisotopic (exact) mass is 637 g/mol. The summed E-state index contributed by atoms with van der Waals surface area (Å²) in [6.45, 7) is 11.3. The van der Waals surface area contributed by atoms with E-state index < -0.39 is 72.2 Å². The van der Waals surface area contributed by atoms with E-state index in [2.05, 4.69) is 16.0 Å². The topological polar surface area (TPSA) is 181 Å². The molecular formula is C31H51N5O9. The van der Waals surface area contributed by atoms with E-state index in [0.717, 1.165) is 6.42 Å². The van der Waals surface area contributed by atoms with Crippen LogP contribution in [-0.4, -0.2) is 108 Å². The highest BCUT2D eigenvalue weighted by Gasteiger charge is 2.40. The Morgan fingerprint density at radius 2 is 1.49 bits per heavy atom. The number of esters is 1. The third-order valence-electron chi connectivity index (χ3n) is 7.81. The maximum Gasteiger partial charge on any atom is 0.407 e. The first-order chi connectivity index (χ1) is 21.3. The molecule has 0 aromatic heterocycles. The van der Waals surface area contributed by atoms with Gasteiger partial charge in [0.25, 0.3) is 5.91 Å². The highest BCUT2D eigenvalue weighted by molar-refractivity contribution is 6.38. The molecule has 0 saturated carbocycles. The molecule has 3 N–H and O–H groups in total. The van der Waals surface area contributed by atoms with Crippen molar-refractivity contribution in [1.29, 1.82) is 0 Å². The van der Waals surface area contributed by atoms with Crippen LogP contribution in [0.3, 0.4) is 0 Å². The Labute approximate surface area is 265 Å². The van der Waals surface area contributed by atoms with Crippen molar-refractivity contribution in [3.05, 3.63) is 0 Å². The molecular weight excluding hydrogens is 586 g/mol. The van der Waals surface area contributed by atoms with Gasteiger partial charge in [-0.25, -0.2) is 9.59 Å². The van der Waals surface area contributed by atoms with Crippen LogP contribution in [-0.2, 0) is 38.2 Å². The quantitative estimate of drug-likeness (QED) is 0.176. The highest BCUT2D eigenvalue weighted by Crippen LogP contribution is 2.21. The molecule has 4 atom stereocenters. The fourth-order valence-corrected chi connectivity index (χ4v) is 5.45. The molecule has 0 spiro atoms. The summed E-state index contributed by atoms with van der Waals surface area (Å²) in [5.74, 6) is -4.13. The van der Waals surface area contributed by atoms with Crippen LogP contribution < -0.4 is 16.0 Å². The van der Waals surface area contributed by atoms with Gasteiger partial charge in [-0.2, -0.15) is 0 Å². The van der Waals surface area contributed by atoms with Crippen molar-refractivity contribution in [3.8, 4) is 0 Å². The second-order valence-electron chi connectivity index (χ2n) is 12.3. The lowest BCUT2D eigenvalue weighted by Crippen LogP contribution is -2.57. The molecule has 2 fully saturated rings. The molecule has 0 radical (unpaired) electrons. The number of amides is 5. The van der Waals surface area contributed by atoms with E-state index >= 15 is 0 Å². The molecule has 0 aromatic rings. The van der Waals surface area contributed by atoms with Crippen LogP contribution in [0.5, 0.6) is 0 Å². The van der Waals surface area contributed by atoms with E-state index in [1.807, 2.05) is 13.8 Å². The second kappa shape index (κ2) is 18.3. The highest BCUT2D eigenvalue weighted by atomic mass is 16.5. The van der Waals surface area contributed by atoms with Crippen molar-refractivity contribution < 1.29 is 43.0 Å². The Morgan fingerprint density at radius 3 is 2.11 bits per heavy atom. The third-order valence-corrected chi connectivity index (χ3v) is 7.81. The lowest BCUT2D eigenvalue weighted by molar-refractivity contribution is -0.156. The van der Waals surface area contributed by atoms with Crippen molar-refractivity contribution >= 4 is 41.5 Å². The first-order valence-corrected chi connectivity index (χ1v) is 16.1. The molecule has 14 heteroatoms. The van der Waals surface area contributed by atoms with Crippen molar-refractivity contribution in [1.82, 2.24) is 25.8 Å². The largest absolute Gasteiger partial charge is 0.464 e. The summed E-state index contributed by atoms with van der Waals surface area (Å²) in [5.41, 5.74) is 0. The van der Waals surface area contributed by atoms with E-state index in [1.165, 1.54) is 9.80 Å². The second-order valence-corrected chi connectivity index (χ2v) is 12.3. The number of piperidine rings is 1. The summed E-state index contributed by atoms with van der Waals surface area (Å²) >= 11 is 0. The molecule has 5 amide bonds. The van der Waals surface area contributed by atoms with Gasteiger partial charge in [0.05, 0.1) is 25.8 Å². The van der Waals surface area contributed by atoms with Crippen LogP contribution in [0.1, 0.15) is 86.5 Å². The number of ether oxygens (including phenoxy) is 2.